The summed E-state index contributed by atoms with van der Waals surface area (Å²) in [5.41, 5.74) is 2.46. The van der Waals surface area contributed by atoms with E-state index in [1.54, 1.807) is 24.5 Å². The molecule has 1 saturated heterocycles. The normalized spacial score (nSPS) is 17.8. The number of para-hydroxylation sites is 1. The van der Waals surface area contributed by atoms with Crippen LogP contribution in [0.4, 0.5) is 26.1 Å². The molecule has 1 aliphatic heterocycles. The third-order valence-electron chi connectivity index (χ3n) is 7.31. The fourth-order valence-corrected chi connectivity index (χ4v) is 5.03. The summed E-state index contributed by atoms with van der Waals surface area (Å²) in [6.45, 7) is 1.88. The summed E-state index contributed by atoms with van der Waals surface area (Å²) in [6, 6.07) is 7.57. The Hall–Kier alpha value is -3.72. The van der Waals surface area contributed by atoms with Crippen molar-refractivity contribution in [1.82, 2.24) is 25.3 Å². The first-order valence-electron chi connectivity index (χ1n) is 12.3. The van der Waals surface area contributed by atoms with Crippen LogP contribution in [0.2, 0.25) is 0 Å². The maximum Gasteiger partial charge on any atom is 0.162 e. The number of hydrogen-bond donors (Lipinski definition) is 2. The van der Waals surface area contributed by atoms with Gasteiger partial charge in [0.2, 0.25) is 0 Å². The first kappa shape index (κ1) is 22.7. The summed E-state index contributed by atoms with van der Waals surface area (Å²) >= 11 is 0. The summed E-state index contributed by atoms with van der Waals surface area (Å²) in [5, 5.41) is 7.27. The van der Waals surface area contributed by atoms with E-state index in [9.17, 15) is 8.78 Å². The smallest absolute Gasteiger partial charge is 0.162 e. The SMILES string of the molecule is CN(c1nc(-c2ccnc(Nc3c(F)cccc3F)c2)nc2cncc(C3CCC3)c12)C1CCNC1. The van der Waals surface area contributed by atoms with Crippen LogP contribution in [-0.2, 0) is 0 Å². The molecule has 7 nitrogen and oxygen atoms in total. The number of hydrogen-bond acceptors (Lipinski definition) is 7. The number of nitrogens with zero attached hydrogens (tertiary/aromatic N) is 5. The lowest BCUT2D eigenvalue weighted by atomic mass is 9.79. The van der Waals surface area contributed by atoms with Crippen LogP contribution < -0.4 is 15.5 Å². The molecule has 0 spiro atoms. The van der Waals surface area contributed by atoms with Crippen LogP contribution in [0.3, 0.4) is 0 Å². The number of benzene rings is 1. The molecule has 6 rings (SSSR count). The van der Waals surface area contributed by atoms with Gasteiger partial charge in [-0.2, -0.15) is 0 Å². The molecule has 0 amide bonds. The minimum atomic E-state index is -0.687. The van der Waals surface area contributed by atoms with Crippen molar-refractivity contribution in [3.8, 4) is 11.4 Å². The zero-order valence-corrected chi connectivity index (χ0v) is 20.0. The second-order valence-corrected chi connectivity index (χ2v) is 9.53. The molecule has 1 unspecified atom stereocenters. The highest BCUT2D eigenvalue weighted by molar-refractivity contribution is 5.94. The van der Waals surface area contributed by atoms with Crippen molar-refractivity contribution in [2.24, 2.45) is 0 Å². The predicted molar refractivity (Wildman–Crippen MR) is 136 cm³/mol. The third-order valence-corrected chi connectivity index (χ3v) is 7.31. The van der Waals surface area contributed by atoms with Crippen molar-refractivity contribution in [3.63, 3.8) is 0 Å². The molecular weight excluding hydrogens is 460 g/mol. The molecule has 9 heteroatoms. The first-order valence-corrected chi connectivity index (χ1v) is 12.3. The van der Waals surface area contributed by atoms with Crippen LogP contribution in [0, 0.1) is 11.6 Å². The van der Waals surface area contributed by atoms with Crippen molar-refractivity contribution in [1.29, 1.82) is 0 Å². The molecule has 2 N–H and O–H groups in total. The number of rotatable bonds is 6. The molecule has 4 aromatic rings. The lowest BCUT2D eigenvalue weighted by Gasteiger charge is -2.30. The van der Waals surface area contributed by atoms with E-state index < -0.39 is 11.6 Å². The first-order chi connectivity index (χ1) is 17.6. The van der Waals surface area contributed by atoms with Gasteiger partial charge in [0.05, 0.1) is 11.7 Å². The van der Waals surface area contributed by atoms with Gasteiger partial charge in [0.15, 0.2) is 5.82 Å². The molecular formula is C27H27F2N7. The Bertz CT molecular complexity index is 1400. The Morgan fingerprint density at radius 2 is 1.89 bits per heavy atom. The van der Waals surface area contributed by atoms with Gasteiger partial charge in [0, 0.05) is 43.0 Å². The lowest BCUT2D eigenvalue weighted by Crippen LogP contribution is -2.34. The molecule has 36 heavy (non-hydrogen) atoms. The monoisotopic (exact) mass is 487 g/mol. The molecule has 4 heterocycles. The van der Waals surface area contributed by atoms with Crippen LogP contribution in [-0.4, -0.2) is 46.1 Å². The Labute approximate surface area is 208 Å². The number of aromatic nitrogens is 4. The molecule has 1 aromatic carbocycles. The summed E-state index contributed by atoms with van der Waals surface area (Å²) < 4.78 is 28.4. The van der Waals surface area contributed by atoms with Gasteiger partial charge >= 0.3 is 0 Å². The Balaban J connectivity index is 1.45. The van der Waals surface area contributed by atoms with E-state index in [-0.39, 0.29) is 5.69 Å². The van der Waals surface area contributed by atoms with E-state index in [4.69, 9.17) is 9.97 Å². The molecule has 1 atom stereocenters. The number of anilines is 3. The van der Waals surface area contributed by atoms with E-state index in [1.165, 1.54) is 30.2 Å². The molecule has 184 valence electrons. The van der Waals surface area contributed by atoms with Gasteiger partial charge in [-0.25, -0.2) is 23.7 Å². The number of nitrogens with one attached hydrogen (secondary N) is 2. The van der Waals surface area contributed by atoms with Crippen LogP contribution in [0.1, 0.15) is 37.2 Å². The van der Waals surface area contributed by atoms with Crippen LogP contribution in [0.15, 0.2) is 48.9 Å². The standard InChI is InChI=1S/C27H27F2N7/c1-36(18-9-10-30-13-18)27-24-19(16-4-2-5-16)14-31-15-22(24)33-26(35-27)17-8-11-32-23(12-17)34-25-20(28)6-3-7-21(25)29/h3,6-8,11-12,14-16,18,30H,2,4-5,9-10,13H2,1H3,(H,32,34). The largest absolute Gasteiger partial charge is 0.355 e. The van der Waals surface area contributed by atoms with Crippen molar-refractivity contribution in [3.05, 3.63) is 66.1 Å². The Morgan fingerprint density at radius 1 is 1.06 bits per heavy atom. The number of halogens is 2. The molecule has 2 aliphatic rings. The van der Waals surface area contributed by atoms with Crippen molar-refractivity contribution >= 4 is 28.2 Å². The molecule has 0 bridgehead atoms. The average molecular weight is 488 g/mol. The van der Waals surface area contributed by atoms with Crippen LogP contribution in [0.5, 0.6) is 0 Å². The lowest BCUT2D eigenvalue weighted by molar-refractivity contribution is 0.421. The Morgan fingerprint density at radius 3 is 2.61 bits per heavy atom. The summed E-state index contributed by atoms with van der Waals surface area (Å²) in [4.78, 5) is 21.0. The van der Waals surface area contributed by atoms with Gasteiger partial charge in [-0.05, 0) is 61.6 Å². The van der Waals surface area contributed by atoms with Gasteiger partial charge in [0.1, 0.15) is 29.0 Å². The number of likely N-dealkylation sites (N-methyl/N-ethyl adjacent to an activating group) is 1. The molecule has 3 aromatic heterocycles. The zero-order chi connectivity index (χ0) is 24.6. The van der Waals surface area contributed by atoms with E-state index >= 15 is 0 Å². The summed E-state index contributed by atoms with van der Waals surface area (Å²) in [7, 11) is 2.09. The topological polar surface area (TPSA) is 78.9 Å². The molecule has 2 fully saturated rings. The molecule has 1 saturated carbocycles. The van der Waals surface area contributed by atoms with E-state index in [2.05, 4.69) is 32.5 Å². The second-order valence-electron chi connectivity index (χ2n) is 9.53. The van der Waals surface area contributed by atoms with Crippen molar-refractivity contribution in [2.75, 3.05) is 30.4 Å². The van der Waals surface area contributed by atoms with Gasteiger partial charge in [-0.3, -0.25) is 4.98 Å². The maximum atomic E-state index is 14.2. The second kappa shape index (κ2) is 9.39. The van der Waals surface area contributed by atoms with Crippen molar-refractivity contribution in [2.45, 2.75) is 37.6 Å². The van der Waals surface area contributed by atoms with Crippen molar-refractivity contribution < 1.29 is 8.78 Å². The summed E-state index contributed by atoms with van der Waals surface area (Å²) in [5.74, 6) is 0.816. The maximum absolute atomic E-state index is 14.2. The van der Waals surface area contributed by atoms with Gasteiger partial charge in [-0.15, -0.1) is 0 Å². The highest BCUT2D eigenvalue weighted by atomic mass is 19.1. The predicted octanol–water partition coefficient (Wildman–Crippen LogP) is 5.17. The van der Waals surface area contributed by atoms with E-state index in [1.807, 2.05) is 6.20 Å². The molecule has 1 aliphatic carbocycles. The van der Waals surface area contributed by atoms with Crippen LogP contribution >= 0.6 is 0 Å². The van der Waals surface area contributed by atoms with Gasteiger partial charge < -0.3 is 15.5 Å². The zero-order valence-electron chi connectivity index (χ0n) is 20.0. The Kier molecular flexibility index (Phi) is 5.92. The van der Waals surface area contributed by atoms with Gasteiger partial charge in [-0.1, -0.05) is 12.5 Å². The average Bonchev–Trinajstić information content (AvgIpc) is 3.40. The fourth-order valence-electron chi connectivity index (χ4n) is 5.03. The number of fused-ring (bicyclic) bond motifs is 1. The third kappa shape index (κ3) is 4.13. The number of pyridine rings is 2. The molecule has 0 radical (unpaired) electrons. The highest BCUT2D eigenvalue weighted by Gasteiger charge is 2.28. The van der Waals surface area contributed by atoms with E-state index in [0.717, 1.165) is 49.1 Å². The minimum absolute atomic E-state index is 0.245. The highest BCUT2D eigenvalue weighted by Crippen LogP contribution is 2.42. The minimum Gasteiger partial charge on any atom is -0.355 e. The van der Waals surface area contributed by atoms with E-state index in [0.29, 0.717) is 29.2 Å². The van der Waals surface area contributed by atoms with Crippen LogP contribution in [0.25, 0.3) is 22.3 Å². The summed E-state index contributed by atoms with van der Waals surface area (Å²) in [6.07, 6.45) is 9.92. The van der Waals surface area contributed by atoms with Gasteiger partial charge in [0.25, 0.3) is 0 Å². The fraction of sp³-hybridized carbons (Fsp3) is 0.333. The quantitative estimate of drug-likeness (QED) is 0.388.